The molecule has 0 aliphatic carbocycles. The molecule has 402 valence electrons. The lowest BCUT2D eigenvalue weighted by Crippen LogP contribution is -2.30. The molecule has 0 spiro atoms. The van der Waals surface area contributed by atoms with Crippen molar-refractivity contribution in [3.63, 3.8) is 0 Å². The van der Waals surface area contributed by atoms with Gasteiger partial charge in [-0.3, -0.25) is 14.4 Å². The fourth-order valence-corrected chi connectivity index (χ4v) is 8.70. The van der Waals surface area contributed by atoms with E-state index in [1.807, 2.05) is 0 Å². The SMILES string of the molecule is CCCCC/C=C/C/C=C/CCCCCCCCCCCC(=O)OC[C@@H](COC(=O)CCCCCCC/C=C/CCCCCC)OC(=O)CCCCCCCCCCC/C=C/CCCCCCCC. The molecule has 0 bridgehead atoms. The topological polar surface area (TPSA) is 78.9 Å². The molecule has 0 saturated carbocycles. The van der Waals surface area contributed by atoms with E-state index in [9.17, 15) is 14.4 Å². The summed E-state index contributed by atoms with van der Waals surface area (Å²) in [6.07, 6.45) is 71.0. The van der Waals surface area contributed by atoms with Crippen LogP contribution in [0.3, 0.4) is 0 Å². The Morgan fingerprint density at radius 2 is 0.522 bits per heavy atom. The first-order valence-electron chi connectivity index (χ1n) is 30.1. The number of esters is 3. The van der Waals surface area contributed by atoms with E-state index in [4.69, 9.17) is 14.2 Å². The van der Waals surface area contributed by atoms with Gasteiger partial charge in [0.1, 0.15) is 13.2 Å². The number of ether oxygens (including phenoxy) is 3. The molecule has 0 aliphatic rings. The number of carbonyl (C=O) groups excluding carboxylic acids is 3. The second kappa shape index (κ2) is 57.9. The van der Waals surface area contributed by atoms with Gasteiger partial charge in [0.05, 0.1) is 0 Å². The molecule has 0 saturated heterocycles. The van der Waals surface area contributed by atoms with Crippen LogP contribution in [-0.4, -0.2) is 37.2 Å². The van der Waals surface area contributed by atoms with Gasteiger partial charge >= 0.3 is 17.9 Å². The van der Waals surface area contributed by atoms with E-state index < -0.39 is 6.10 Å². The molecule has 0 fully saturated rings. The summed E-state index contributed by atoms with van der Waals surface area (Å²) in [5.41, 5.74) is 0. The Bertz CT molecular complexity index is 1200. The molecule has 0 heterocycles. The zero-order valence-electron chi connectivity index (χ0n) is 46.1. The molecule has 6 nitrogen and oxygen atoms in total. The number of allylic oxidation sites excluding steroid dienone is 8. The van der Waals surface area contributed by atoms with Crippen LogP contribution in [-0.2, 0) is 28.6 Å². The van der Waals surface area contributed by atoms with E-state index in [1.165, 1.54) is 205 Å². The van der Waals surface area contributed by atoms with Gasteiger partial charge in [0, 0.05) is 19.3 Å². The molecule has 6 heteroatoms. The lowest BCUT2D eigenvalue weighted by molar-refractivity contribution is -0.167. The zero-order valence-corrected chi connectivity index (χ0v) is 46.1. The molecule has 0 aromatic heterocycles. The summed E-state index contributed by atoms with van der Waals surface area (Å²) >= 11 is 0. The van der Waals surface area contributed by atoms with E-state index in [-0.39, 0.29) is 31.1 Å². The summed E-state index contributed by atoms with van der Waals surface area (Å²) < 4.78 is 16.9. The molecular formula is C63H114O6. The minimum absolute atomic E-state index is 0.0769. The number of hydrogen-bond donors (Lipinski definition) is 0. The van der Waals surface area contributed by atoms with E-state index in [0.29, 0.717) is 19.3 Å². The Morgan fingerprint density at radius 3 is 0.855 bits per heavy atom. The van der Waals surface area contributed by atoms with Crippen molar-refractivity contribution >= 4 is 17.9 Å². The van der Waals surface area contributed by atoms with Crippen molar-refractivity contribution in [2.24, 2.45) is 0 Å². The maximum atomic E-state index is 12.9. The summed E-state index contributed by atoms with van der Waals surface area (Å²) in [5, 5.41) is 0. The van der Waals surface area contributed by atoms with Gasteiger partial charge in [-0.05, 0) is 103 Å². The Labute approximate surface area is 428 Å². The minimum Gasteiger partial charge on any atom is -0.462 e. The van der Waals surface area contributed by atoms with Gasteiger partial charge in [0.2, 0.25) is 0 Å². The normalized spacial score (nSPS) is 12.3. The summed E-state index contributed by atoms with van der Waals surface area (Å²) in [4.78, 5) is 38.2. The molecular weight excluding hydrogens is 853 g/mol. The predicted octanol–water partition coefficient (Wildman–Crippen LogP) is 20.2. The quantitative estimate of drug-likeness (QED) is 0.0262. The van der Waals surface area contributed by atoms with Crippen molar-refractivity contribution in [2.75, 3.05) is 13.2 Å². The Morgan fingerprint density at radius 1 is 0.290 bits per heavy atom. The number of unbranched alkanes of at least 4 members (excludes halogenated alkanes) is 36. The number of carbonyl (C=O) groups is 3. The summed E-state index contributed by atoms with van der Waals surface area (Å²) in [6.45, 7) is 6.62. The van der Waals surface area contributed by atoms with E-state index in [0.717, 1.165) is 70.6 Å². The monoisotopic (exact) mass is 967 g/mol. The summed E-state index contributed by atoms with van der Waals surface area (Å²) in [5.74, 6) is -0.876. The smallest absolute Gasteiger partial charge is 0.306 e. The van der Waals surface area contributed by atoms with Crippen LogP contribution in [0, 0.1) is 0 Å². The van der Waals surface area contributed by atoms with Crippen molar-refractivity contribution in [3.05, 3.63) is 48.6 Å². The van der Waals surface area contributed by atoms with Gasteiger partial charge < -0.3 is 14.2 Å². The first-order valence-corrected chi connectivity index (χ1v) is 30.1. The molecule has 0 amide bonds. The average Bonchev–Trinajstić information content (AvgIpc) is 3.35. The van der Waals surface area contributed by atoms with Crippen LogP contribution in [0.25, 0.3) is 0 Å². The summed E-state index contributed by atoms with van der Waals surface area (Å²) in [6, 6.07) is 0. The maximum Gasteiger partial charge on any atom is 0.306 e. The van der Waals surface area contributed by atoms with Gasteiger partial charge in [-0.1, -0.05) is 243 Å². The molecule has 0 unspecified atom stereocenters. The second-order valence-electron chi connectivity index (χ2n) is 20.2. The van der Waals surface area contributed by atoms with E-state index in [1.54, 1.807) is 0 Å². The summed E-state index contributed by atoms with van der Waals surface area (Å²) in [7, 11) is 0. The van der Waals surface area contributed by atoms with Crippen LogP contribution < -0.4 is 0 Å². The highest BCUT2D eigenvalue weighted by Gasteiger charge is 2.19. The van der Waals surface area contributed by atoms with E-state index >= 15 is 0 Å². The van der Waals surface area contributed by atoms with Crippen LogP contribution >= 0.6 is 0 Å². The average molecular weight is 968 g/mol. The second-order valence-corrected chi connectivity index (χ2v) is 20.2. The largest absolute Gasteiger partial charge is 0.462 e. The van der Waals surface area contributed by atoms with Gasteiger partial charge in [-0.2, -0.15) is 0 Å². The third-order valence-corrected chi connectivity index (χ3v) is 13.3. The predicted molar refractivity (Wildman–Crippen MR) is 298 cm³/mol. The van der Waals surface area contributed by atoms with Gasteiger partial charge in [0.15, 0.2) is 6.10 Å². The third-order valence-electron chi connectivity index (χ3n) is 13.3. The van der Waals surface area contributed by atoms with Gasteiger partial charge in [-0.25, -0.2) is 0 Å². The molecule has 69 heavy (non-hydrogen) atoms. The fourth-order valence-electron chi connectivity index (χ4n) is 8.70. The highest BCUT2D eigenvalue weighted by Crippen LogP contribution is 2.16. The first kappa shape index (κ1) is 66.4. The van der Waals surface area contributed by atoms with Crippen molar-refractivity contribution in [1.29, 1.82) is 0 Å². The van der Waals surface area contributed by atoms with Crippen LogP contribution in [0.5, 0.6) is 0 Å². The van der Waals surface area contributed by atoms with Crippen molar-refractivity contribution in [1.82, 2.24) is 0 Å². The fraction of sp³-hybridized carbons (Fsp3) is 0.825. The Balaban J connectivity index is 4.34. The van der Waals surface area contributed by atoms with Crippen LogP contribution in [0.2, 0.25) is 0 Å². The zero-order chi connectivity index (χ0) is 50.0. The van der Waals surface area contributed by atoms with Crippen molar-refractivity contribution < 1.29 is 28.6 Å². The minimum atomic E-state index is -0.779. The van der Waals surface area contributed by atoms with Gasteiger partial charge in [-0.15, -0.1) is 0 Å². The molecule has 0 radical (unpaired) electrons. The standard InChI is InChI=1S/C63H114O6/c1-4-7-10-13-16-19-22-25-27-29-31-33-35-38-41-44-47-50-53-56-62(65)68-59-60(58-67-61(64)55-52-49-46-43-40-37-24-21-18-15-12-9-6-3)69-63(66)57-54-51-48-45-42-39-36-34-32-30-28-26-23-20-17-14-11-8-5-2/h16,19,21,24-28,60H,4-15,17-18,20,22-23,29-59H2,1-3H3/b19-16+,24-21+,27-25+,28-26+/t60-/m1/s1. The molecule has 1 atom stereocenters. The molecule has 0 rings (SSSR count). The van der Waals surface area contributed by atoms with Crippen molar-refractivity contribution in [2.45, 2.75) is 322 Å². The molecule has 0 aromatic carbocycles. The van der Waals surface area contributed by atoms with E-state index in [2.05, 4.69) is 69.4 Å². The third kappa shape index (κ3) is 56.2. The number of rotatable bonds is 55. The molecule has 0 N–H and O–H groups in total. The highest BCUT2D eigenvalue weighted by molar-refractivity contribution is 5.71. The van der Waals surface area contributed by atoms with Crippen LogP contribution in [0.1, 0.15) is 316 Å². The lowest BCUT2D eigenvalue weighted by Gasteiger charge is -2.18. The Kier molecular flexibility index (Phi) is 55.7. The maximum absolute atomic E-state index is 12.9. The molecule has 0 aromatic rings. The van der Waals surface area contributed by atoms with Crippen LogP contribution in [0.15, 0.2) is 48.6 Å². The highest BCUT2D eigenvalue weighted by atomic mass is 16.6. The first-order chi connectivity index (χ1) is 34.0. The van der Waals surface area contributed by atoms with Gasteiger partial charge in [0.25, 0.3) is 0 Å². The lowest BCUT2D eigenvalue weighted by atomic mass is 10.1. The van der Waals surface area contributed by atoms with Crippen LogP contribution in [0.4, 0.5) is 0 Å². The van der Waals surface area contributed by atoms with Crippen molar-refractivity contribution in [3.8, 4) is 0 Å². The number of hydrogen-bond acceptors (Lipinski definition) is 6. The Hall–Kier alpha value is -2.63. The molecule has 0 aliphatic heterocycles.